The van der Waals surface area contributed by atoms with Gasteiger partial charge in [0.25, 0.3) is 0 Å². The molecule has 0 rings (SSSR count). The number of amides is 1. The Morgan fingerprint density at radius 1 is 1.77 bits per heavy atom. The molecule has 13 heavy (non-hydrogen) atoms. The molecule has 3 N–H and O–H groups in total. The molecule has 0 radical (unpaired) electrons. The van der Waals surface area contributed by atoms with Crippen LogP contribution in [-0.4, -0.2) is 25.1 Å². The summed E-state index contributed by atoms with van der Waals surface area (Å²) in [6.07, 6.45) is 2.56. The van der Waals surface area contributed by atoms with Crippen LogP contribution in [0.1, 0.15) is 19.8 Å². The van der Waals surface area contributed by atoms with Crippen LogP contribution in [0.25, 0.3) is 0 Å². The molecule has 0 aliphatic heterocycles. The zero-order valence-corrected chi connectivity index (χ0v) is 8.08. The normalized spacial score (nSPS) is 11.8. The van der Waals surface area contributed by atoms with Crippen LogP contribution in [0.2, 0.25) is 0 Å². The summed E-state index contributed by atoms with van der Waals surface area (Å²) in [4.78, 5) is 11.0. The number of rotatable bonds is 7. The number of hydrogen-bond donors (Lipinski definition) is 2. The fraction of sp³-hybridized carbons (Fsp3) is 0.667. The van der Waals surface area contributed by atoms with Crippen LogP contribution in [0, 0.1) is 0 Å². The topological polar surface area (TPSA) is 64.3 Å². The van der Waals surface area contributed by atoms with Gasteiger partial charge >= 0.3 is 0 Å². The Morgan fingerprint density at radius 3 is 3.00 bits per heavy atom. The molecule has 0 fully saturated rings. The second-order valence-electron chi connectivity index (χ2n) is 2.92. The van der Waals surface area contributed by atoms with Crippen molar-refractivity contribution in [2.24, 2.45) is 5.73 Å². The van der Waals surface area contributed by atoms with Gasteiger partial charge in [-0.15, -0.1) is 0 Å². The summed E-state index contributed by atoms with van der Waals surface area (Å²) in [5.74, 6) is -0.00592. The first kappa shape index (κ1) is 12.0. The summed E-state index contributed by atoms with van der Waals surface area (Å²) in [5.41, 5.74) is 5.45. The van der Waals surface area contributed by atoms with E-state index in [1.54, 1.807) is 6.92 Å². The van der Waals surface area contributed by atoms with E-state index in [2.05, 4.69) is 11.9 Å². The molecule has 1 unspecified atom stereocenters. The Hall–Kier alpha value is -1.03. The fourth-order valence-corrected chi connectivity index (χ4v) is 0.831. The van der Waals surface area contributed by atoms with Crippen LogP contribution in [0.5, 0.6) is 0 Å². The second-order valence-corrected chi connectivity index (χ2v) is 2.92. The van der Waals surface area contributed by atoms with Crippen molar-refractivity contribution < 1.29 is 9.53 Å². The van der Waals surface area contributed by atoms with E-state index in [1.807, 2.05) is 0 Å². The van der Waals surface area contributed by atoms with E-state index in [1.165, 1.54) is 6.26 Å². The average Bonchev–Trinajstić information content (AvgIpc) is 2.02. The Labute approximate surface area is 79.1 Å². The third kappa shape index (κ3) is 8.88. The molecule has 4 nitrogen and oxygen atoms in total. The lowest BCUT2D eigenvalue weighted by Gasteiger charge is -2.06. The third-order valence-electron chi connectivity index (χ3n) is 1.39. The number of ether oxygens (including phenoxy) is 1. The minimum Gasteiger partial charge on any atom is -0.502 e. The maximum Gasteiger partial charge on any atom is 0.221 e. The summed E-state index contributed by atoms with van der Waals surface area (Å²) in [7, 11) is 0. The van der Waals surface area contributed by atoms with E-state index in [9.17, 15) is 4.79 Å². The molecule has 0 aliphatic rings. The molecule has 0 saturated carbocycles. The van der Waals surface area contributed by atoms with Crippen LogP contribution >= 0.6 is 0 Å². The highest BCUT2D eigenvalue weighted by Crippen LogP contribution is 1.86. The molecular weight excluding hydrogens is 168 g/mol. The Morgan fingerprint density at radius 2 is 2.46 bits per heavy atom. The zero-order chi connectivity index (χ0) is 10.1. The Bertz CT molecular complexity index is 158. The molecular formula is C9H18N2O2. The van der Waals surface area contributed by atoms with Crippen molar-refractivity contribution in [3.8, 4) is 0 Å². The number of carbonyl (C=O) groups is 1. The van der Waals surface area contributed by atoms with E-state index in [-0.39, 0.29) is 11.9 Å². The quantitative estimate of drug-likeness (QED) is 0.446. The maximum absolute atomic E-state index is 11.0. The molecule has 76 valence electrons. The van der Waals surface area contributed by atoms with E-state index in [0.29, 0.717) is 19.6 Å². The van der Waals surface area contributed by atoms with Gasteiger partial charge in [-0.05, 0) is 13.3 Å². The van der Waals surface area contributed by atoms with Crippen LogP contribution in [0.4, 0.5) is 0 Å². The number of nitrogens with two attached hydrogens (primary N) is 1. The standard InChI is InChI=1S/C9H18N2O2/c1-3-13-6-4-5-11-9(12)7-8(2)10/h3,8H,1,4-7,10H2,2H3,(H,11,12). The van der Waals surface area contributed by atoms with Crippen molar-refractivity contribution in [1.29, 1.82) is 0 Å². The predicted molar refractivity (Wildman–Crippen MR) is 52.0 cm³/mol. The van der Waals surface area contributed by atoms with E-state index in [4.69, 9.17) is 10.5 Å². The SMILES string of the molecule is C=COCCCNC(=O)CC(C)N. The highest BCUT2D eigenvalue weighted by molar-refractivity contribution is 5.76. The first-order chi connectivity index (χ1) is 6.16. The summed E-state index contributed by atoms with van der Waals surface area (Å²) >= 11 is 0. The summed E-state index contributed by atoms with van der Waals surface area (Å²) in [6.45, 7) is 6.42. The number of carbonyl (C=O) groups excluding carboxylic acids is 1. The smallest absolute Gasteiger partial charge is 0.221 e. The van der Waals surface area contributed by atoms with Gasteiger partial charge in [-0.2, -0.15) is 0 Å². The van der Waals surface area contributed by atoms with Gasteiger partial charge in [0.2, 0.25) is 5.91 Å². The van der Waals surface area contributed by atoms with E-state index in [0.717, 1.165) is 6.42 Å². The van der Waals surface area contributed by atoms with Gasteiger partial charge in [0.05, 0.1) is 12.9 Å². The maximum atomic E-state index is 11.0. The lowest BCUT2D eigenvalue weighted by molar-refractivity contribution is -0.121. The van der Waals surface area contributed by atoms with E-state index >= 15 is 0 Å². The van der Waals surface area contributed by atoms with Crippen molar-refractivity contribution in [3.63, 3.8) is 0 Å². The van der Waals surface area contributed by atoms with Crippen molar-refractivity contribution in [2.75, 3.05) is 13.2 Å². The van der Waals surface area contributed by atoms with Gasteiger partial charge < -0.3 is 15.8 Å². The molecule has 1 atom stereocenters. The van der Waals surface area contributed by atoms with Crippen molar-refractivity contribution in [1.82, 2.24) is 5.32 Å². The average molecular weight is 186 g/mol. The predicted octanol–water partition coefficient (Wildman–Crippen LogP) is 0.390. The molecule has 1 amide bonds. The van der Waals surface area contributed by atoms with Crippen LogP contribution < -0.4 is 11.1 Å². The first-order valence-corrected chi connectivity index (χ1v) is 4.41. The first-order valence-electron chi connectivity index (χ1n) is 4.41. The molecule has 0 spiro atoms. The molecule has 0 aromatic heterocycles. The number of nitrogens with one attached hydrogen (secondary N) is 1. The van der Waals surface area contributed by atoms with Crippen LogP contribution in [0.15, 0.2) is 12.8 Å². The second kappa shape index (κ2) is 7.61. The van der Waals surface area contributed by atoms with Gasteiger partial charge in [-0.3, -0.25) is 4.79 Å². The van der Waals surface area contributed by atoms with Crippen LogP contribution in [-0.2, 0) is 9.53 Å². The van der Waals surface area contributed by atoms with Gasteiger partial charge in [-0.25, -0.2) is 0 Å². The molecule has 0 aliphatic carbocycles. The van der Waals surface area contributed by atoms with Gasteiger partial charge in [0.1, 0.15) is 0 Å². The monoisotopic (exact) mass is 186 g/mol. The molecule has 0 bridgehead atoms. The Kier molecular flexibility index (Phi) is 7.01. The minimum absolute atomic E-state index is 0.00592. The molecule has 4 heteroatoms. The highest BCUT2D eigenvalue weighted by atomic mass is 16.5. The molecule has 0 aromatic carbocycles. The van der Waals surface area contributed by atoms with Crippen LogP contribution in [0.3, 0.4) is 0 Å². The zero-order valence-electron chi connectivity index (χ0n) is 8.08. The van der Waals surface area contributed by atoms with Crippen molar-refractivity contribution in [2.45, 2.75) is 25.8 Å². The molecule has 0 saturated heterocycles. The fourth-order valence-electron chi connectivity index (χ4n) is 0.831. The summed E-state index contributed by atoms with van der Waals surface area (Å²) < 4.78 is 4.88. The molecule has 0 aromatic rings. The van der Waals surface area contributed by atoms with Gasteiger partial charge in [0, 0.05) is 19.0 Å². The minimum atomic E-state index is -0.0792. The summed E-state index contributed by atoms with van der Waals surface area (Å²) in [5, 5.41) is 2.74. The Balaban J connectivity index is 3.22. The number of hydrogen-bond acceptors (Lipinski definition) is 3. The largest absolute Gasteiger partial charge is 0.502 e. The highest BCUT2D eigenvalue weighted by Gasteiger charge is 2.02. The third-order valence-corrected chi connectivity index (χ3v) is 1.39. The lowest BCUT2D eigenvalue weighted by atomic mass is 10.2. The van der Waals surface area contributed by atoms with Gasteiger partial charge in [-0.1, -0.05) is 6.58 Å². The summed E-state index contributed by atoms with van der Waals surface area (Å²) in [6, 6.07) is -0.0792. The van der Waals surface area contributed by atoms with Gasteiger partial charge in [0.15, 0.2) is 0 Å². The lowest BCUT2D eigenvalue weighted by Crippen LogP contribution is -2.30. The molecule has 0 heterocycles. The van der Waals surface area contributed by atoms with Crippen molar-refractivity contribution >= 4 is 5.91 Å². The van der Waals surface area contributed by atoms with Crippen molar-refractivity contribution in [3.05, 3.63) is 12.8 Å². The van der Waals surface area contributed by atoms with E-state index < -0.39 is 0 Å².